The second-order valence-corrected chi connectivity index (χ2v) is 5.86. The van der Waals surface area contributed by atoms with Crippen molar-refractivity contribution in [3.8, 4) is 11.5 Å². The Labute approximate surface area is 149 Å². The minimum atomic E-state index is -0.322. The first-order valence-corrected chi connectivity index (χ1v) is 7.73. The van der Waals surface area contributed by atoms with Crippen LogP contribution in [0.3, 0.4) is 0 Å². The summed E-state index contributed by atoms with van der Waals surface area (Å²) in [5.74, 6) is 0.733. The van der Waals surface area contributed by atoms with E-state index in [1.807, 2.05) is 0 Å². The molecule has 1 amide bonds. The molecular weight excluding hydrogens is 361 g/mol. The largest absolute Gasteiger partial charge is 0.493 e. The molecule has 122 valence electrons. The summed E-state index contributed by atoms with van der Waals surface area (Å²) in [6, 6.07) is 8.03. The predicted octanol–water partition coefficient (Wildman–Crippen LogP) is 4.59. The third kappa shape index (κ3) is 4.22. The van der Waals surface area contributed by atoms with Gasteiger partial charge < -0.3 is 14.8 Å². The third-order valence-electron chi connectivity index (χ3n) is 3.17. The van der Waals surface area contributed by atoms with Crippen LogP contribution in [0.5, 0.6) is 11.5 Å². The Balaban J connectivity index is 2.15. The molecule has 1 N–H and O–H groups in total. The van der Waals surface area contributed by atoms with Gasteiger partial charge in [-0.05, 0) is 29.8 Å². The van der Waals surface area contributed by atoms with Gasteiger partial charge >= 0.3 is 0 Å². The summed E-state index contributed by atoms with van der Waals surface area (Å²) in [6.45, 7) is 0.219. The van der Waals surface area contributed by atoms with Crippen LogP contribution in [0.2, 0.25) is 15.1 Å². The van der Waals surface area contributed by atoms with E-state index < -0.39 is 0 Å². The number of rotatable bonds is 5. The van der Waals surface area contributed by atoms with Crippen LogP contribution < -0.4 is 14.8 Å². The molecule has 0 spiro atoms. The number of benzene rings is 2. The number of hydrogen-bond acceptors (Lipinski definition) is 3. The fourth-order valence-corrected chi connectivity index (χ4v) is 2.69. The summed E-state index contributed by atoms with van der Waals surface area (Å²) >= 11 is 18.0. The van der Waals surface area contributed by atoms with Crippen molar-refractivity contribution in [2.75, 3.05) is 14.2 Å². The second kappa shape index (κ2) is 7.77. The zero-order chi connectivity index (χ0) is 17.0. The van der Waals surface area contributed by atoms with Crippen molar-refractivity contribution in [1.82, 2.24) is 5.32 Å². The van der Waals surface area contributed by atoms with E-state index in [1.54, 1.807) is 24.3 Å². The molecular formula is C16H14Cl3NO3. The zero-order valence-corrected chi connectivity index (χ0v) is 14.7. The summed E-state index contributed by atoms with van der Waals surface area (Å²) in [4.78, 5) is 12.2. The van der Waals surface area contributed by atoms with Crippen molar-refractivity contribution < 1.29 is 14.3 Å². The van der Waals surface area contributed by atoms with Crippen LogP contribution in [-0.2, 0) is 6.54 Å². The van der Waals surface area contributed by atoms with E-state index >= 15 is 0 Å². The number of halogens is 3. The van der Waals surface area contributed by atoms with Crippen molar-refractivity contribution in [3.05, 3.63) is 56.5 Å². The Morgan fingerprint density at radius 2 is 1.65 bits per heavy atom. The monoisotopic (exact) mass is 373 g/mol. The molecule has 0 aromatic heterocycles. The summed E-state index contributed by atoms with van der Waals surface area (Å²) in [7, 11) is 3.06. The topological polar surface area (TPSA) is 47.6 Å². The highest BCUT2D eigenvalue weighted by molar-refractivity contribution is 6.36. The standard InChI is InChI=1S/C16H14Cl3NO3/c1-22-14-5-9(12(18)7-15(14)23-2)8-20-16(21)11-4-3-10(17)6-13(11)19/h3-7H,8H2,1-2H3,(H,20,21). The Hall–Kier alpha value is -1.62. The van der Waals surface area contributed by atoms with Crippen LogP contribution in [0.25, 0.3) is 0 Å². The normalized spacial score (nSPS) is 10.3. The van der Waals surface area contributed by atoms with Crippen LogP contribution in [0.1, 0.15) is 15.9 Å². The zero-order valence-electron chi connectivity index (χ0n) is 12.5. The summed E-state index contributed by atoms with van der Waals surface area (Å²) in [5.41, 5.74) is 1.04. The lowest BCUT2D eigenvalue weighted by molar-refractivity contribution is 0.0951. The van der Waals surface area contributed by atoms with Crippen molar-refractivity contribution in [3.63, 3.8) is 0 Å². The van der Waals surface area contributed by atoms with E-state index in [9.17, 15) is 4.79 Å². The van der Waals surface area contributed by atoms with Crippen LogP contribution in [0, 0.1) is 0 Å². The highest BCUT2D eigenvalue weighted by Gasteiger charge is 2.13. The summed E-state index contributed by atoms with van der Waals surface area (Å²) in [5, 5.41) is 3.97. The Morgan fingerprint density at radius 1 is 1.00 bits per heavy atom. The van der Waals surface area contributed by atoms with Gasteiger partial charge in [0, 0.05) is 22.7 Å². The van der Waals surface area contributed by atoms with Gasteiger partial charge in [-0.3, -0.25) is 4.79 Å². The van der Waals surface area contributed by atoms with Gasteiger partial charge in [-0.25, -0.2) is 0 Å². The lowest BCUT2D eigenvalue weighted by Gasteiger charge is -2.12. The SMILES string of the molecule is COc1cc(Cl)c(CNC(=O)c2ccc(Cl)cc2Cl)cc1OC. The summed E-state index contributed by atoms with van der Waals surface area (Å²) < 4.78 is 10.4. The van der Waals surface area contributed by atoms with E-state index in [-0.39, 0.29) is 17.5 Å². The van der Waals surface area contributed by atoms with Crippen molar-refractivity contribution >= 4 is 40.7 Å². The minimum Gasteiger partial charge on any atom is -0.493 e. The Morgan fingerprint density at radius 3 is 2.26 bits per heavy atom. The fraction of sp³-hybridized carbons (Fsp3) is 0.188. The Kier molecular flexibility index (Phi) is 5.99. The minimum absolute atomic E-state index is 0.219. The molecule has 23 heavy (non-hydrogen) atoms. The molecule has 0 atom stereocenters. The maximum atomic E-state index is 12.2. The van der Waals surface area contributed by atoms with Crippen LogP contribution in [-0.4, -0.2) is 20.1 Å². The molecule has 0 radical (unpaired) electrons. The van der Waals surface area contributed by atoms with Gasteiger partial charge in [0.1, 0.15) is 0 Å². The van der Waals surface area contributed by atoms with Crippen molar-refractivity contribution in [2.24, 2.45) is 0 Å². The third-order valence-corrected chi connectivity index (χ3v) is 4.07. The molecule has 2 aromatic rings. The average Bonchev–Trinajstić information content (AvgIpc) is 2.53. The highest BCUT2D eigenvalue weighted by Crippen LogP contribution is 2.33. The smallest absolute Gasteiger partial charge is 0.253 e. The molecule has 0 saturated heterocycles. The van der Waals surface area contributed by atoms with Crippen LogP contribution in [0.15, 0.2) is 30.3 Å². The number of ether oxygens (including phenoxy) is 2. The predicted molar refractivity (Wildman–Crippen MR) is 92.2 cm³/mol. The molecule has 0 heterocycles. The molecule has 7 heteroatoms. The molecule has 0 aliphatic carbocycles. The van der Waals surface area contributed by atoms with E-state index in [2.05, 4.69) is 5.32 Å². The first-order chi connectivity index (χ1) is 11.0. The lowest BCUT2D eigenvalue weighted by atomic mass is 10.1. The fourth-order valence-electron chi connectivity index (χ4n) is 1.98. The molecule has 0 aliphatic rings. The van der Waals surface area contributed by atoms with Gasteiger partial charge in [-0.2, -0.15) is 0 Å². The van der Waals surface area contributed by atoms with Gasteiger partial charge in [0.05, 0.1) is 24.8 Å². The number of methoxy groups -OCH3 is 2. The molecule has 0 bridgehead atoms. The number of hydrogen-bond donors (Lipinski definition) is 1. The van der Waals surface area contributed by atoms with Crippen molar-refractivity contribution in [2.45, 2.75) is 6.54 Å². The molecule has 0 aliphatic heterocycles. The first-order valence-electron chi connectivity index (χ1n) is 6.60. The van der Waals surface area contributed by atoms with Crippen molar-refractivity contribution in [1.29, 1.82) is 0 Å². The van der Waals surface area contributed by atoms with Crippen LogP contribution in [0.4, 0.5) is 0 Å². The lowest BCUT2D eigenvalue weighted by Crippen LogP contribution is -2.23. The molecule has 0 fully saturated rings. The van der Waals surface area contributed by atoms with Gasteiger partial charge in [0.25, 0.3) is 5.91 Å². The second-order valence-electron chi connectivity index (χ2n) is 4.61. The van der Waals surface area contributed by atoms with E-state index in [4.69, 9.17) is 44.3 Å². The number of nitrogens with one attached hydrogen (secondary N) is 1. The molecule has 2 aromatic carbocycles. The Bertz CT molecular complexity index is 735. The first kappa shape index (κ1) is 17.7. The number of carbonyl (C=O) groups excluding carboxylic acids is 1. The maximum absolute atomic E-state index is 12.2. The molecule has 2 rings (SSSR count). The number of carbonyl (C=O) groups is 1. The quantitative estimate of drug-likeness (QED) is 0.832. The van der Waals surface area contributed by atoms with Gasteiger partial charge in [-0.15, -0.1) is 0 Å². The van der Waals surface area contributed by atoms with Gasteiger partial charge in [-0.1, -0.05) is 34.8 Å². The van der Waals surface area contributed by atoms with Crippen LogP contribution >= 0.6 is 34.8 Å². The van der Waals surface area contributed by atoms with Gasteiger partial charge in [0.2, 0.25) is 0 Å². The summed E-state index contributed by atoms with van der Waals surface area (Å²) in [6.07, 6.45) is 0. The molecule has 0 unspecified atom stereocenters. The molecule has 0 saturated carbocycles. The highest BCUT2D eigenvalue weighted by atomic mass is 35.5. The maximum Gasteiger partial charge on any atom is 0.253 e. The molecule has 4 nitrogen and oxygen atoms in total. The number of amides is 1. The average molecular weight is 375 g/mol. The van der Waals surface area contributed by atoms with E-state index in [1.165, 1.54) is 20.3 Å². The van der Waals surface area contributed by atoms with E-state index in [0.717, 1.165) is 0 Å². The van der Waals surface area contributed by atoms with Gasteiger partial charge in [0.15, 0.2) is 11.5 Å². The van der Waals surface area contributed by atoms with E-state index in [0.29, 0.717) is 32.7 Å².